The van der Waals surface area contributed by atoms with Gasteiger partial charge in [0, 0.05) is 16.1 Å². The Labute approximate surface area is 113 Å². The van der Waals surface area contributed by atoms with Gasteiger partial charge < -0.3 is 5.32 Å². The molecule has 1 aliphatic carbocycles. The van der Waals surface area contributed by atoms with Crippen LogP contribution in [-0.4, -0.2) is 6.04 Å². The van der Waals surface area contributed by atoms with Crippen LogP contribution in [0.5, 0.6) is 0 Å². The van der Waals surface area contributed by atoms with Crippen LogP contribution in [0.15, 0.2) is 28.7 Å². The molecule has 0 unspecified atom stereocenters. The summed E-state index contributed by atoms with van der Waals surface area (Å²) >= 11 is 3.49. The third-order valence-corrected chi connectivity index (χ3v) is 4.26. The lowest BCUT2D eigenvalue weighted by Gasteiger charge is -2.34. The summed E-state index contributed by atoms with van der Waals surface area (Å²) in [6.45, 7) is 4.57. The zero-order valence-corrected chi connectivity index (χ0v) is 12.4. The summed E-state index contributed by atoms with van der Waals surface area (Å²) in [6, 6.07) is 9.36. The van der Waals surface area contributed by atoms with E-state index >= 15 is 0 Å². The summed E-state index contributed by atoms with van der Waals surface area (Å²) < 4.78 is 1.15. The Balaban J connectivity index is 2.04. The van der Waals surface area contributed by atoms with Gasteiger partial charge in [0.15, 0.2) is 0 Å². The monoisotopic (exact) mass is 295 g/mol. The summed E-state index contributed by atoms with van der Waals surface area (Å²) in [6.07, 6.45) is 6.85. The summed E-state index contributed by atoms with van der Waals surface area (Å²) in [5.74, 6) is 0. The quantitative estimate of drug-likeness (QED) is 0.859. The van der Waals surface area contributed by atoms with Crippen LogP contribution in [0.3, 0.4) is 0 Å². The molecule has 1 fully saturated rings. The zero-order valence-electron chi connectivity index (χ0n) is 10.8. The molecule has 2 rings (SSSR count). The smallest absolute Gasteiger partial charge is 0.0379 e. The van der Waals surface area contributed by atoms with Gasteiger partial charge in [-0.15, -0.1) is 0 Å². The van der Waals surface area contributed by atoms with E-state index in [1.807, 2.05) is 0 Å². The second-order valence-corrected chi connectivity index (χ2v) is 6.53. The van der Waals surface area contributed by atoms with Crippen molar-refractivity contribution in [3.63, 3.8) is 0 Å². The predicted molar refractivity (Wildman–Crippen MR) is 77.2 cm³/mol. The molecule has 0 atom stereocenters. The molecule has 1 nitrogen and oxygen atoms in total. The molecule has 1 aromatic carbocycles. The Morgan fingerprint density at radius 3 is 2.24 bits per heavy atom. The fraction of sp³-hybridized carbons (Fsp3) is 0.600. The van der Waals surface area contributed by atoms with E-state index in [1.165, 1.54) is 37.7 Å². The molecule has 0 saturated heterocycles. The van der Waals surface area contributed by atoms with Crippen molar-refractivity contribution in [2.45, 2.75) is 57.5 Å². The molecule has 1 aliphatic rings. The van der Waals surface area contributed by atoms with Gasteiger partial charge in [-0.1, -0.05) is 47.3 Å². The molecule has 0 amide bonds. The van der Waals surface area contributed by atoms with Gasteiger partial charge in [0.25, 0.3) is 0 Å². The Kier molecular flexibility index (Phi) is 4.26. The van der Waals surface area contributed by atoms with E-state index in [2.05, 4.69) is 59.4 Å². The largest absolute Gasteiger partial charge is 0.305 e. The van der Waals surface area contributed by atoms with Gasteiger partial charge in [-0.3, -0.25) is 0 Å². The van der Waals surface area contributed by atoms with Crippen LogP contribution in [0.2, 0.25) is 0 Å². The molecular formula is C15H22BrN. The van der Waals surface area contributed by atoms with Crippen LogP contribution in [0, 0.1) is 0 Å². The lowest BCUT2D eigenvalue weighted by Crippen LogP contribution is -2.44. The molecule has 1 aromatic rings. The average Bonchev–Trinajstić information content (AvgIpc) is 2.30. The molecule has 2 heteroatoms. The SMILES string of the molecule is CC(C)(NC1CCCCC1)c1ccc(Br)cc1. The van der Waals surface area contributed by atoms with Gasteiger partial charge in [0.1, 0.15) is 0 Å². The van der Waals surface area contributed by atoms with E-state index in [-0.39, 0.29) is 5.54 Å². The first kappa shape index (κ1) is 13.1. The highest BCUT2D eigenvalue weighted by Gasteiger charge is 2.24. The molecule has 1 saturated carbocycles. The fourth-order valence-electron chi connectivity index (χ4n) is 2.71. The summed E-state index contributed by atoms with van der Waals surface area (Å²) in [7, 11) is 0. The first-order chi connectivity index (χ1) is 8.08. The highest BCUT2D eigenvalue weighted by molar-refractivity contribution is 9.10. The second-order valence-electron chi connectivity index (χ2n) is 5.61. The topological polar surface area (TPSA) is 12.0 Å². The van der Waals surface area contributed by atoms with Crippen LogP contribution in [0.25, 0.3) is 0 Å². The van der Waals surface area contributed by atoms with Crippen LogP contribution in [0.1, 0.15) is 51.5 Å². The first-order valence-corrected chi connectivity index (χ1v) is 7.41. The van der Waals surface area contributed by atoms with E-state index < -0.39 is 0 Å². The molecule has 0 spiro atoms. The Morgan fingerprint density at radius 2 is 1.65 bits per heavy atom. The Morgan fingerprint density at radius 1 is 1.06 bits per heavy atom. The molecule has 17 heavy (non-hydrogen) atoms. The van der Waals surface area contributed by atoms with Crippen molar-refractivity contribution >= 4 is 15.9 Å². The van der Waals surface area contributed by atoms with Gasteiger partial charge >= 0.3 is 0 Å². The molecule has 0 bridgehead atoms. The van der Waals surface area contributed by atoms with E-state index in [4.69, 9.17) is 0 Å². The number of nitrogens with one attached hydrogen (secondary N) is 1. The Bertz CT molecular complexity index is 350. The highest BCUT2D eigenvalue weighted by atomic mass is 79.9. The van der Waals surface area contributed by atoms with E-state index in [1.54, 1.807) is 0 Å². The summed E-state index contributed by atoms with van der Waals surface area (Å²) in [5, 5.41) is 3.82. The molecular weight excluding hydrogens is 274 g/mol. The van der Waals surface area contributed by atoms with E-state index in [0.29, 0.717) is 6.04 Å². The maximum absolute atomic E-state index is 3.82. The molecule has 94 valence electrons. The number of halogens is 1. The fourth-order valence-corrected chi connectivity index (χ4v) is 2.97. The summed E-state index contributed by atoms with van der Waals surface area (Å²) in [5.41, 5.74) is 1.44. The van der Waals surface area contributed by atoms with Gasteiger partial charge in [-0.25, -0.2) is 0 Å². The first-order valence-electron chi connectivity index (χ1n) is 6.62. The number of hydrogen-bond acceptors (Lipinski definition) is 1. The second kappa shape index (κ2) is 5.53. The van der Waals surface area contributed by atoms with Crippen molar-refractivity contribution in [1.82, 2.24) is 5.32 Å². The van der Waals surface area contributed by atoms with E-state index in [0.717, 1.165) is 4.47 Å². The molecule has 0 aromatic heterocycles. The van der Waals surface area contributed by atoms with Crippen molar-refractivity contribution < 1.29 is 0 Å². The molecule has 1 N–H and O–H groups in total. The lowest BCUT2D eigenvalue weighted by atomic mass is 9.89. The highest BCUT2D eigenvalue weighted by Crippen LogP contribution is 2.26. The van der Waals surface area contributed by atoms with Crippen molar-refractivity contribution in [2.24, 2.45) is 0 Å². The molecule has 0 radical (unpaired) electrons. The minimum atomic E-state index is 0.0721. The van der Waals surface area contributed by atoms with Crippen LogP contribution >= 0.6 is 15.9 Å². The standard InChI is InChI=1S/C15H22BrN/c1-15(2,12-8-10-13(16)11-9-12)17-14-6-4-3-5-7-14/h8-11,14,17H,3-7H2,1-2H3. The number of hydrogen-bond donors (Lipinski definition) is 1. The molecule has 0 heterocycles. The number of rotatable bonds is 3. The van der Waals surface area contributed by atoms with Crippen LogP contribution in [0.4, 0.5) is 0 Å². The van der Waals surface area contributed by atoms with Crippen molar-refractivity contribution in [2.75, 3.05) is 0 Å². The maximum Gasteiger partial charge on any atom is 0.0379 e. The van der Waals surface area contributed by atoms with Gasteiger partial charge in [0.2, 0.25) is 0 Å². The summed E-state index contributed by atoms with van der Waals surface area (Å²) in [4.78, 5) is 0. The van der Waals surface area contributed by atoms with Gasteiger partial charge in [-0.05, 0) is 44.4 Å². The average molecular weight is 296 g/mol. The van der Waals surface area contributed by atoms with Gasteiger partial charge in [-0.2, -0.15) is 0 Å². The minimum Gasteiger partial charge on any atom is -0.305 e. The third kappa shape index (κ3) is 3.56. The Hall–Kier alpha value is -0.340. The van der Waals surface area contributed by atoms with Crippen molar-refractivity contribution in [3.8, 4) is 0 Å². The zero-order chi connectivity index (χ0) is 12.3. The third-order valence-electron chi connectivity index (χ3n) is 3.74. The maximum atomic E-state index is 3.82. The predicted octanol–water partition coefficient (Wildman–Crippen LogP) is 4.61. The van der Waals surface area contributed by atoms with Crippen LogP contribution < -0.4 is 5.32 Å². The minimum absolute atomic E-state index is 0.0721. The normalized spacial score (nSPS) is 18.3. The van der Waals surface area contributed by atoms with E-state index in [9.17, 15) is 0 Å². The van der Waals surface area contributed by atoms with Crippen molar-refractivity contribution in [1.29, 1.82) is 0 Å². The molecule has 0 aliphatic heterocycles. The lowest BCUT2D eigenvalue weighted by molar-refractivity contribution is 0.283. The number of benzene rings is 1. The van der Waals surface area contributed by atoms with Crippen LogP contribution in [-0.2, 0) is 5.54 Å². The van der Waals surface area contributed by atoms with Gasteiger partial charge in [0.05, 0.1) is 0 Å². The van der Waals surface area contributed by atoms with Crippen molar-refractivity contribution in [3.05, 3.63) is 34.3 Å².